The SMILES string of the molecule is Cc1nc(CN(C)S(=O)(=O)c2ccc(F)c(N)c2)n[nH]1. The van der Waals surface area contributed by atoms with Crippen LogP contribution in [-0.2, 0) is 16.6 Å². The highest BCUT2D eigenvalue weighted by atomic mass is 32.2. The summed E-state index contributed by atoms with van der Waals surface area (Å²) in [4.78, 5) is 3.95. The van der Waals surface area contributed by atoms with Crippen molar-refractivity contribution in [1.82, 2.24) is 19.5 Å². The molecule has 20 heavy (non-hydrogen) atoms. The molecule has 0 aliphatic rings. The summed E-state index contributed by atoms with van der Waals surface area (Å²) in [5.74, 6) is 0.289. The number of hydrogen-bond donors (Lipinski definition) is 2. The van der Waals surface area contributed by atoms with Crippen LogP contribution < -0.4 is 5.73 Å². The van der Waals surface area contributed by atoms with Crippen molar-refractivity contribution in [2.45, 2.75) is 18.4 Å². The predicted molar refractivity (Wildman–Crippen MR) is 70.6 cm³/mol. The number of aromatic nitrogens is 3. The van der Waals surface area contributed by atoms with Gasteiger partial charge in [-0.3, -0.25) is 5.10 Å². The third-order valence-corrected chi connectivity index (χ3v) is 4.48. The van der Waals surface area contributed by atoms with Crippen molar-refractivity contribution < 1.29 is 12.8 Å². The summed E-state index contributed by atoms with van der Waals surface area (Å²) in [6.45, 7) is 1.72. The maximum Gasteiger partial charge on any atom is 0.243 e. The third kappa shape index (κ3) is 2.78. The second-order valence-electron chi connectivity index (χ2n) is 4.28. The molecule has 1 heterocycles. The summed E-state index contributed by atoms with van der Waals surface area (Å²) < 4.78 is 38.7. The minimum atomic E-state index is -3.77. The fraction of sp³-hybridized carbons (Fsp3) is 0.273. The summed E-state index contributed by atoms with van der Waals surface area (Å²) >= 11 is 0. The van der Waals surface area contributed by atoms with Crippen LogP contribution in [0.4, 0.5) is 10.1 Å². The monoisotopic (exact) mass is 299 g/mol. The molecule has 0 atom stereocenters. The third-order valence-electron chi connectivity index (χ3n) is 2.68. The number of nitrogen functional groups attached to an aromatic ring is 1. The lowest BCUT2D eigenvalue weighted by molar-refractivity contribution is 0.457. The van der Waals surface area contributed by atoms with Gasteiger partial charge in [-0.1, -0.05) is 0 Å². The average molecular weight is 299 g/mol. The molecule has 108 valence electrons. The zero-order valence-electron chi connectivity index (χ0n) is 11.0. The molecule has 0 radical (unpaired) electrons. The molecule has 9 heteroatoms. The average Bonchev–Trinajstić information content (AvgIpc) is 2.78. The van der Waals surface area contributed by atoms with Crippen molar-refractivity contribution in [2.24, 2.45) is 0 Å². The predicted octanol–water partition coefficient (Wildman–Crippen LogP) is 0.655. The van der Waals surface area contributed by atoms with E-state index in [1.54, 1.807) is 6.92 Å². The molecule has 0 fully saturated rings. The summed E-state index contributed by atoms with van der Waals surface area (Å²) in [5.41, 5.74) is 5.17. The Balaban J connectivity index is 2.27. The number of aromatic amines is 1. The Morgan fingerprint density at radius 3 is 2.70 bits per heavy atom. The van der Waals surface area contributed by atoms with Gasteiger partial charge in [0.1, 0.15) is 11.6 Å². The highest BCUT2D eigenvalue weighted by Gasteiger charge is 2.23. The smallest absolute Gasteiger partial charge is 0.243 e. The number of hydrogen-bond acceptors (Lipinski definition) is 5. The van der Waals surface area contributed by atoms with E-state index in [0.717, 1.165) is 16.4 Å². The minimum absolute atomic E-state index is 0.00392. The molecule has 1 aromatic heterocycles. The van der Waals surface area contributed by atoms with Crippen LogP contribution in [0, 0.1) is 12.7 Å². The van der Waals surface area contributed by atoms with Crippen LogP contribution in [0.15, 0.2) is 23.1 Å². The standard InChI is InChI=1S/C11H14FN5O2S/c1-7-14-11(16-15-7)6-17(2)20(18,19)8-3-4-9(12)10(13)5-8/h3-5H,6,13H2,1-2H3,(H,14,15,16). The van der Waals surface area contributed by atoms with Gasteiger partial charge in [0.05, 0.1) is 17.1 Å². The fourth-order valence-electron chi connectivity index (χ4n) is 1.61. The van der Waals surface area contributed by atoms with Crippen molar-refractivity contribution in [3.05, 3.63) is 35.7 Å². The van der Waals surface area contributed by atoms with Gasteiger partial charge in [-0.15, -0.1) is 0 Å². The molecule has 0 aliphatic heterocycles. The van der Waals surface area contributed by atoms with Gasteiger partial charge in [0.25, 0.3) is 0 Å². The van der Waals surface area contributed by atoms with Crippen molar-refractivity contribution in [2.75, 3.05) is 12.8 Å². The van der Waals surface area contributed by atoms with Gasteiger partial charge in [-0.2, -0.15) is 9.40 Å². The summed E-state index contributed by atoms with van der Waals surface area (Å²) in [6.07, 6.45) is 0. The van der Waals surface area contributed by atoms with Crippen molar-refractivity contribution in [1.29, 1.82) is 0 Å². The molecular weight excluding hydrogens is 285 g/mol. The van der Waals surface area contributed by atoms with Crippen LogP contribution in [0.1, 0.15) is 11.6 Å². The zero-order valence-corrected chi connectivity index (χ0v) is 11.8. The fourth-order valence-corrected chi connectivity index (χ4v) is 2.77. The molecule has 0 saturated carbocycles. The quantitative estimate of drug-likeness (QED) is 0.807. The van der Waals surface area contributed by atoms with E-state index in [1.165, 1.54) is 13.1 Å². The van der Waals surface area contributed by atoms with E-state index in [2.05, 4.69) is 15.2 Å². The second-order valence-corrected chi connectivity index (χ2v) is 6.33. The molecule has 2 aromatic rings. The summed E-state index contributed by atoms with van der Waals surface area (Å²) in [6, 6.07) is 3.28. The lowest BCUT2D eigenvalue weighted by Gasteiger charge is -2.15. The van der Waals surface area contributed by atoms with E-state index in [4.69, 9.17) is 5.73 Å². The number of benzene rings is 1. The van der Waals surface area contributed by atoms with Crippen molar-refractivity contribution in [3.63, 3.8) is 0 Å². The summed E-state index contributed by atoms with van der Waals surface area (Å²) in [5, 5.41) is 6.50. The number of aryl methyl sites for hydroxylation is 1. The number of sulfonamides is 1. The van der Waals surface area contributed by atoms with Crippen LogP contribution in [0.3, 0.4) is 0 Å². The van der Waals surface area contributed by atoms with Crippen LogP contribution in [0.5, 0.6) is 0 Å². The number of nitrogens with two attached hydrogens (primary N) is 1. The molecule has 7 nitrogen and oxygen atoms in total. The van der Waals surface area contributed by atoms with Gasteiger partial charge in [0, 0.05) is 7.05 Å². The van der Waals surface area contributed by atoms with Crippen molar-refractivity contribution in [3.8, 4) is 0 Å². The Hall–Kier alpha value is -2.00. The molecule has 0 amide bonds. The van der Waals surface area contributed by atoms with Gasteiger partial charge in [-0.25, -0.2) is 17.8 Å². The van der Waals surface area contributed by atoms with Gasteiger partial charge in [-0.05, 0) is 25.1 Å². The first-order valence-electron chi connectivity index (χ1n) is 5.70. The lowest BCUT2D eigenvalue weighted by Crippen LogP contribution is -2.27. The Morgan fingerprint density at radius 1 is 1.45 bits per heavy atom. The molecule has 1 aromatic carbocycles. The molecule has 3 N–H and O–H groups in total. The van der Waals surface area contributed by atoms with Crippen LogP contribution in [0.25, 0.3) is 0 Å². The number of rotatable bonds is 4. The molecule has 0 saturated heterocycles. The number of nitrogens with zero attached hydrogens (tertiary/aromatic N) is 3. The second kappa shape index (κ2) is 5.17. The van der Waals surface area contributed by atoms with E-state index in [1.807, 2.05) is 0 Å². The van der Waals surface area contributed by atoms with Gasteiger partial charge in [0.2, 0.25) is 10.0 Å². The molecule has 0 spiro atoms. The number of nitrogens with one attached hydrogen (secondary N) is 1. The zero-order chi connectivity index (χ0) is 14.9. The summed E-state index contributed by atoms with van der Waals surface area (Å²) in [7, 11) is -2.38. The first kappa shape index (κ1) is 14.4. The molecular formula is C11H14FN5O2S. The topological polar surface area (TPSA) is 105 Å². The minimum Gasteiger partial charge on any atom is -0.396 e. The molecule has 0 bridgehead atoms. The number of halogens is 1. The van der Waals surface area contributed by atoms with E-state index in [0.29, 0.717) is 11.6 Å². The Bertz CT molecular complexity index is 728. The van der Waals surface area contributed by atoms with Crippen LogP contribution in [0.2, 0.25) is 0 Å². The molecule has 2 rings (SSSR count). The van der Waals surface area contributed by atoms with Gasteiger partial charge in [0.15, 0.2) is 5.82 Å². The maximum atomic E-state index is 13.1. The molecule has 0 unspecified atom stereocenters. The van der Waals surface area contributed by atoms with E-state index < -0.39 is 15.8 Å². The maximum absolute atomic E-state index is 13.1. The Labute approximate surface area is 115 Å². The first-order valence-corrected chi connectivity index (χ1v) is 7.14. The number of anilines is 1. The number of H-pyrrole nitrogens is 1. The van der Waals surface area contributed by atoms with E-state index in [-0.39, 0.29) is 17.1 Å². The largest absolute Gasteiger partial charge is 0.396 e. The molecule has 0 aliphatic carbocycles. The highest BCUT2D eigenvalue weighted by molar-refractivity contribution is 7.89. The normalized spacial score (nSPS) is 12.0. The highest BCUT2D eigenvalue weighted by Crippen LogP contribution is 2.20. The van der Waals surface area contributed by atoms with Gasteiger partial charge >= 0.3 is 0 Å². The Kier molecular flexibility index (Phi) is 3.73. The van der Waals surface area contributed by atoms with Crippen molar-refractivity contribution >= 4 is 15.7 Å². The van der Waals surface area contributed by atoms with Gasteiger partial charge < -0.3 is 5.73 Å². The van der Waals surface area contributed by atoms with Crippen LogP contribution in [-0.4, -0.2) is 35.0 Å². The first-order chi connectivity index (χ1) is 9.30. The van der Waals surface area contributed by atoms with Crippen LogP contribution >= 0.6 is 0 Å². The van der Waals surface area contributed by atoms with E-state index in [9.17, 15) is 12.8 Å². The Morgan fingerprint density at radius 2 is 2.15 bits per heavy atom. The lowest BCUT2D eigenvalue weighted by atomic mass is 10.3. The van der Waals surface area contributed by atoms with E-state index >= 15 is 0 Å².